The highest BCUT2D eigenvalue weighted by molar-refractivity contribution is 5.86. The first-order valence-electron chi connectivity index (χ1n) is 4.84. The number of H-pyrrole nitrogens is 1. The van der Waals surface area contributed by atoms with Crippen molar-refractivity contribution in [1.29, 1.82) is 0 Å². The maximum atomic E-state index is 11.2. The summed E-state index contributed by atoms with van der Waals surface area (Å²) in [5, 5.41) is 8.79. The van der Waals surface area contributed by atoms with E-state index in [-0.39, 0.29) is 5.69 Å². The minimum atomic E-state index is -1.17. The van der Waals surface area contributed by atoms with Crippen LogP contribution in [0.3, 0.4) is 0 Å². The second-order valence-electron chi connectivity index (χ2n) is 3.36. The van der Waals surface area contributed by atoms with E-state index in [0.29, 0.717) is 32.1 Å². The molecule has 1 fully saturated rings. The van der Waals surface area contributed by atoms with Crippen molar-refractivity contribution < 1.29 is 14.6 Å². The molecule has 0 unspecified atom stereocenters. The number of carbonyl (C=O) groups is 1. The summed E-state index contributed by atoms with van der Waals surface area (Å²) in [6, 6.07) is 1.36. The molecule has 7 heteroatoms. The van der Waals surface area contributed by atoms with Crippen LogP contribution in [0, 0.1) is 0 Å². The zero-order valence-corrected chi connectivity index (χ0v) is 8.47. The summed E-state index contributed by atoms with van der Waals surface area (Å²) in [7, 11) is 0. The number of carboxylic acid groups (broad SMARTS) is 1. The number of morpholine rings is 1. The molecular weight excluding hydrogens is 214 g/mol. The normalized spacial score (nSPS) is 16.1. The third kappa shape index (κ3) is 2.19. The lowest BCUT2D eigenvalue weighted by Gasteiger charge is -2.27. The number of hydrogen-bond donors (Lipinski definition) is 2. The molecule has 1 aliphatic rings. The minimum Gasteiger partial charge on any atom is -0.477 e. The molecule has 1 saturated heterocycles. The van der Waals surface area contributed by atoms with Gasteiger partial charge in [-0.1, -0.05) is 0 Å². The molecule has 0 atom stereocenters. The Kier molecular flexibility index (Phi) is 2.86. The van der Waals surface area contributed by atoms with Crippen LogP contribution in [-0.2, 0) is 4.74 Å². The van der Waals surface area contributed by atoms with Gasteiger partial charge in [-0.25, -0.2) is 9.59 Å². The lowest BCUT2D eigenvalue weighted by Crippen LogP contribution is -2.38. The van der Waals surface area contributed by atoms with Crippen LogP contribution in [0.2, 0.25) is 0 Å². The maximum absolute atomic E-state index is 11.2. The van der Waals surface area contributed by atoms with E-state index in [1.807, 2.05) is 4.90 Å². The fraction of sp³-hybridized carbons (Fsp3) is 0.444. The second kappa shape index (κ2) is 4.31. The highest BCUT2D eigenvalue weighted by Crippen LogP contribution is 2.11. The SMILES string of the molecule is O=C(O)c1cc(N2CCOCC2)nc(=O)[nH]1. The van der Waals surface area contributed by atoms with Gasteiger partial charge in [0.05, 0.1) is 13.2 Å². The average Bonchev–Trinajstić information content (AvgIpc) is 2.29. The van der Waals surface area contributed by atoms with E-state index in [4.69, 9.17) is 9.84 Å². The van der Waals surface area contributed by atoms with Gasteiger partial charge < -0.3 is 14.7 Å². The molecule has 1 aromatic rings. The quantitative estimate of drug-likeness (QED) is 0.691. The Balaban J connectivity index is 2.32. The molecule has 2 heterocycles. The van der Waals surface area contributed by atoms with E-state index < -0.39 is 11.7 Å². The third-order valence-corrected chi connectivity index (χ3v) is 2.30. The Hall–Kier alpha value is -1.89. The molecule has 1 aromatic heterocycles. The van der Waals surface area contributed by atoms with Gasteiger partial charge in [-0.2, -0.15) is 4.98 Å². The van der Waals surface area contributed by atoms with Crippen molar-refractivity contribution in [3.8, 4) is 0 Å². The first kappa shape index (κ1) is 10.6. The predicted octanol–water partition coefficient (Wildman–Crippen LogP) is -0.695. The van der Waals surface area contributed by atoms with Crippen molar-refractivity contribution in [3.63, 3.8) is 0 Å². The maximum Gasteiger partial charge on any atom is 0.352 e. The van der Waals surface area contributed by atoms with Gasteiger partial charge in [-0.15, -0.1) is 0 Å². The van der Waals surface area contributed by atoms with Crippen LogP contribution in [-0.4, -0.2) is 47.3 Å². The summed E-state index contributed by atoms with van der Waals surface area (Å²) in [6.07, 6.45) is 0. The van der Waals surface area contributed by atoms with Gasteiger partial charge in [-0.3, -0.25) is 4.98 Å². The fourth-order valence-electron chi connectivity index (χ4n) is 1.51. The van der Waals surface area contributed by atoms with Crippen molar-refractivity contribution in [2.45, 2.75) is 0 Å². The standard InChI is InChI=1S/C9H11N3O4/c13-8(14)6-5-7(11-9(15)10-6)12-1-3-16-4-2-12/h5H,1-4H2,(H,13,14)(H,10,11,15). The molecule has 0 radical (unpaired) electrons. The van der Waals surface area contributed by atoms with Gasteiger partial charge in [0, 0.05) is 19.2 Å². The Morgan fingerprint density at radius 2 is 2.19 bits per heavy atom. The minimum absolute atomic E-state index is 0.151. The highest BCUT2D eigenvalue weighted by atomic mass is 16.5. The van der Waals surface area contributed by atoms with E-state index in [1.165, 1.54) is 6.07 Å². The van der Waals surface area contributed by atoms with Gasteiger partial charge in [-0.05, 0) is 0 Å². The zero-order chi connectivity index (χ0) is 11.5. The zero-order valence-electron chi connectivity index (χ0n) is 8.47. The van der Waals surface area contributed by atoms with Crippen LogP contribution in [0.15, 0.2) is 10.9 Å². The van der Waals surface area contributed by atoms with Crippen molar-refractivity contribution in [2.75, 3.05) is 31.2 Å². The molecule has 0 bridgehead atoms. The van der Waals surface area contributed by atoms with Crippen LogP contribution in [0.1, 0.15) is 10.5 Å². The number of aromatic nitrogens is 2. The van der Waals surface area contributed by atoms with Crippen molar-refractivity contribution in [2.24, 2.45) is 0 Å². The predicted molar refractivity (Wildman–Crippen MR) is 54.8 cm³/mol. The molecule has 2 rings (SSSR count). The van der Waals surface area contributed by atoms with Gasteiger partial charge in [0.25, 0.3) is 0 Å². The Morgan fingerprint density at radius 3 is 2.81 bits per heavy atom. The molecule has 0 aromatic carbocycles. The van der Waals surface area contributed by atoms with Crippen LogP contribution < -0.4 is 10.6 Å². The molecule has 0 saturated carbocycles. The highest BCUT2D eigenvalue weighted by Gasteiger charge is 2.15. The molecule has 1 aliphatic heterocycles. The summed E-state index contributed by atoms with van der Waals surface area (Å²) in [6.45, 7) is 2.32. The first-order valence-corrected chi connectivity index (χ1v) is 4.84. The summed E-state index contributed by atoms with van der Waals surface area (Å²) in [5.41, 5.74) is -0.803. The number of carboxylic acids is 1. The monoisotopic (exact) mass is 225 g/mol. The number of nitrogens with one attached hydrogen (secondary N) is 1. The Labute approximate surface area is 90.7 Å². The topological polar surface area (TPSA) is 95.5 Å². The Morgan fingerprint density at radius 1 is 1.50 bits per heavy atom. The summed E-state index contributed by atoms with van der Waals surface area (Å²) in [4.78, 5) is 29.6. The van der Waals surface area contributed by atoms with E-state index in [0.717, 1.165) is 0 Å². The van der Waals surface area contributed by atoms with Gasteiger partial charge in [0.2, 0.25) is 0 Å². The summed E-state index contributed by atoms with van der Waals surface area (Å²) in [5.74, 6) is -0.793. The van der Waals surface area contributed by atoms with E-state index >= 15 is 0 Å². The molecule has 2 N–H and O–H groups in total. The molecule has 0 spiro atoms. The number of ether oxygens (including phenoxy) is 1. The summed E-state index contributed by atoms with van der Waals surface area (Å²) >= 11 is 0. The summed E-state index contributed by atoms with van der Waals surface area (Å²) < 4.78 is 5.16. The van der Waals surface area contributed by atoms with Crippen LogP contribution >= 0.6 is 0 Å². The molecular formula is C9H11N3O4. The van der Waals surface area contributed by atoms with Crippen molar-refractivity contribution >= 4 is 11.8 Å². The smallest absolute Gasteiger partial charge is 0.352 e. The van der Waals surface area contributed by atoms with E-state index in [9.17, 15) is 9.59 Å². The molecule has 86 valence electrons. The van der Waals surface area contributed by atoms with Crippen LogP contribution in [0.4, 0.5) is 5.82 Å². The molecule has 0 aliphatic carbocycles. The largest absolute Gasteiger partial charge is 0.477 e. The second-order valence-corrected chi connectivity index (χ2v) is 3.36. The molecule has 7 nitrogen and oxygen atoms in total. The van der Waals surface area contributed by atoms with Crippen molar-refractivity contribution in [3.05, 3.63) is 22.2 Å². The lowest BCUT2D eigenvalue weighted by atomic mass is 10.3. The fourth-order valence-corrected chi connectivity index (χ4v) is 1.51. The number of aromatic amines is 1. The van der Waals surface area contributed by atoms with Gasteiger partial charge >= 0.3 is 11.7 Å². The lowest BCUT2D eigenvalue weighted by molar-refractivity contribution is 0.0690. The number of nitrogens with zero attached hydrogens (tertiary/aromatic N) is 2. The number of hydrogen-bond acceptors (Lipinski definition) is 5. The van der Waals surface area contributed by atoms with Gasteiger partial charge in [0.15, 0.2) is 0 Å². The molecule has 0 amide bonds. The molecule has 16 heavy (non-hydrogen) atoms. The first-order chi connectivity index (χ1) is 7.66. The van der Waals surface area contributed by atoms with Gasteiger partial charge in [0.1, 0.15) is 11.5 Å². The van der Waals surface area contributed by atoms with Crippen LogP contribution in [0.5, 0.6) is 0 Å². The van der Waals surface area contributed by atoms with Crippen LogP contribution in [0.25, 0.3) is 0 Å². The Bertz CT molecular complexity index is 450. The van der Waals surface area contributed by atoms with E-state index in [1.54, 1.807) is 0 Å². The number of anilines is 1. The average molecular weight is 225 g/mol. The number of aromatic carboxylic acids is 1. The third-order valence-electron chi connectivity index (χ3n) is 2.30. The number of rotatable bonds is 2. The van der Waals surface area contributed by atoms with Crippen molar-refractivity contribution in [1.82, 2.24) is 9.97 Å². The van der Waals surface area contributed by atoms with E-state index in [2.05, 4.69) is 9.97 Å².